The standard InChI is InChI=1S/C17H21BrN2O/c1-3-21-14-7-5-13(6-8-14)17(11-19)20-16-10-12(2)4-9-15(16)18/h4-10,17,20H,3,11,19H2,1-2H3. The van der Waals surface area contributed by atoms with Crippen molar-refractivity contribution in [2.24, 2.45) is 5.73 Å². The van der Waals surface area contributed by atoms with Crippen molar-refractivity contribution in [3.8, 4) is 5.75 Å². The Morgan fingerprint density at radius 2 is 1.90 bits per heavy atom. The van der Waals surface area contributed by atoms with E-state index in [1.165, 1.54) is 5.56 Å². The van der Waals surface area contributed by atoms with Gasteiger partial charge in [-0.1, -0.05) is 18.2 Å². The van der Waals surface area contributed by atoms with Gasteiger partial charge in [0.1, 0.15) is 5.75 Å². The summed E-state index contributed by atoms with van der Waals surface area (Å²) in [6, 6.07) is 14.4. The second-order valence-corrected chi connectivity index (χ2v) is 5.77. The minimum Gasteiger partial charge on any atom is -0.494 e. The fourth-order valence-electron chi connectivity index (χ4n) is 2.18. The number of anilines is 1. The molecule has 112 valence electrons. The van der Waals surface area contributed by atoms with E-state index in [0.717, 1.165) is 21.5 Å². The molecule has 1 atom stereocenters. The first-order valence-corrected chi connectivity index (χ1v) is 7.89. The molecule has 0 saturated heterocycles. The Labute approximate surface area is 134 Å². The van der Waals surface area contributed by atoms with Crippen molar-refractivity contribution in [3.05, 3.63) is 58.1 Å². The van der Waals surface area contributed by atoms with E-state index >= 15 is 0 Å². The summed E-state index contributed by atoms with van der Waals surface area (Å²) in [4.78, 5) is 0. The number of nitrogens with one attached hydrogen (secondary N) is 1. The molecule has 0 aliphatic rings. The Hall–Kier alpha value is -1.52. The molecule has 0 amide bonds. The van der Waals surface area contributed by atoms with Crippen LogP contribution in [0.4, 0.5) is 5.69 Å². The lowest BCUT2D eigenvalue weighted by molar-refractivity contribution is 0.340. The summed E-state index contributed by atoms with van der Waals surface area (Å²) in [5.41, 5.74) is 9.34. The van der Waals surface area contributed by atoms with Gasteiger partial charge in [-0.05, 0) is 65.2 Å². The maximum Gasteiger partial charge on any atom is 0.119 e. The van der Waals surface area contributed by atoms with Crippen molar-refractivity contribution in [3.63, 3.8) is 0 Å². The molecule has 4 heteroatoms. The van der Waals surface area contributed by atoms with E-state index < -0.39 is 0 Å². The molecule has 2 rings (SSSR count). The zero-order chi connectivity index (χ0) is 15.2. The molecule has 2 aromatic carbocycles. The summed E-state index contributed by atoms with van der Waals surface area (Å²) < 4.78 is 6.51. The first-order valence-electron chi connectivity index (χ1n) is 7.09. The molecule has 0 aliphatic heterocycles. The molecule has 2 aromatic rings. The van der Waals surface area contributed by atoms with Gasteiger partial charge in [0.2, 0.25) is 0 Å². The predicted molar refractivity (Wildman–Crippen MR) is 91.9 cm³/mol. The van der Waals surface area contributed by atoms with Crippen LogP contribution in [0.5, 0.6) is 5.75 Å². The lowest BCUT2D eigenvalue weighted by atomic mass is 10.1. The van der Waals surface area contributed by atoms with Crippen LogP contribution in [0.15, 0.2) is 46.9 Å². The molecule has 0 heterocycles. The maximum absolute atomic E-state index is 5.93. The lowest BCUT2D eigenvalue weighted by Gasteiger charge is -2.20. The van der Waals surface area contributed by atoms with Crippen molar-refractivity contribution in [2.45, 2.75) is 19.9 Å². The third-order valence-electron chi connectivity index (χ3n) is 3.28. The minimum absolute atomic E-state index is 0.0683. The number of rotatable bonds is 6. The van der Waals surface area contributed by atoms with Crippen LogP contribution in [0.3, 0.4) is 0 Å². The van der Waals surface area contributed by atoms with E-state index in [1.807, 2.05) is 25.1 Å². The van der Waals surface area contributed by atoms with Crippen LogP contribution < -0.4 is 15.8 Å². The van der Waals surface area contributed by atoms with Crippen LogP contribution in [-0.2, 0) is 0 Å². The molecule has 0 aromatic heterocycles. The van der Waals surface area contributed by atoms with Gasteiger partial charge in [-0.2, -0.15) is 0 Å². The predicted octanol–water partition coefficient (Wildman–Crippen LogP) is 4.27. The zero-order valence-electron chi connectivity index (χ0n) is 12.4. The molecule has 0 radical (unpaired) electrons. The van der Waals surface area contributed by atoms with Crippen LogP contribution >= 0.6 is 15.9 Å². The summed E-state index contributed by atoms with van der Waals surface area (Å²) in [7, 11) is 0. The summed E-state index contributed by atoms with van der Waals surface area (Å²) in [5, 5.41) is 3.49. The fourth-order valence-corrected chi connectivity index (χ4v) is 2.54. The van der Waals surface area contributed by atoms with Crippen molar-refractivity contribution >= 4 is 21.6 Å². The lowest BCUT2D eigenvalue weighted by Crippen LogP contribution is -2.20. The molecular formula is C17H21BrN2O. The van der Waals surface area contributed by atoms with Crippen molar-refractivity contribution in [2.75, 3.05) is 18.5 Å². The minimum atomic E-state index is 0.0683. The second kappa shape index (κ2) is 7.48. The van der Waals surface area contributed by atoms with Gasteiger partial charge in [-0.15, -0.1) is 0 Å². The maximum atomic E-state index is 5.93. The molecule has 3 nitrogen and oxygen atoms in total. The van der Waals surface area contributed by atoms with Crippen molar-refractivity contribution in [1.82, 2.24) is 0 Å². The van der Waals surface area contributed by atoms with Gasteiger partial charge in [0.05, 0.1) is 12.6 Å². The van der Waals surface area contributed by atoms with Crippen LogP contribution in [0, 0.1) is 6.92 Å². The number of aryl methyl sites for hydroxylation is 1. The van der Waals surface area contributed by atoms with E-state index in [0.29, 0.717) is 13.2 Å². The number of nitrogens with two attached hydrogens (primary N) is 1. The first kappa shape index (κ1) is 15.9. The van der Waals surface area contributed by atoms with Crippen LogP contribution in [0.2, 0.25) is 0 Å². The highest BCUT2D eigenvalue weighted by molar-refractivity contribution is 9.10. The van der Waals surface area contributed by atoms with Gasteiger partial charge in [-0.25, -0.2) is 0 Å². The highest BCUT2D eigenvalue weighted by Crippen LogP contribution is 2.28. The largest absolute Gasteiger partial charge is 0.494 e. The molecule has 0 aliphatic carbocycles. The Kier molecular flexibility index (Phi) is 5.65. The second-order valence-electron chi connectivity index (χ2n) is 4.92. The molecule has 0 fully saturated rings. The topological polar surface area (TPSA) is 47.3 Å². The van der Waals surface area contributed by atoms with Gasteiger partial charge in [0.25, 0.3) is 0 Å². The van der Waals surface area contributed by atoms with E-state index in [1.54, 1.807) is 0 Å². The van der Waals surface area contributed by atoms with Gasteiger partial charge < -0.3 is 15.8 Å². The Bertz CT molecular complexity index is 584. The highest BCUT2D eigenvalue weighted by Gasteiger charge is 2.11. The highest BCUT2D eigenvalue weighted by atomic mass is 79.9. The Balaban J connectivity index is 2.17. The monoisotopic (exact) mass is 348 g/mol. The molecule has 0 saturated carbocycles. The number of benzene rings is 2. The Morgan fingerprint density at radius 3 is 2.52 bits per heavy atom. The summed E-state index contributed by atoms with van der Waals surface area (Å²) in [6.45, 7) is 5.25. The number of halogens is 1. The third kappa shape index (κ3) is 4.22. The molecule has 3 N–H and O–H groups in total. The fraction of sp³-hybridized carbons (Fsp3) is 0.294. The molecule has 0 bridgehead atoms. The van der Waals surface area contributed by atoms with Crippen molar-refractivity contribution < 1.29 is 4.74 Å². The summed E-state index contributed by atoms with van der Waals surface area (Å²) >= 11 is 3.57. The summed E-state index contributed by atoms with van der Waals surface area (Å²) in [6.07, 6.45) is 0. The van der Waals surface area contributed by atoms with Gasteiger partial charge >= 0.3 is 0 Å². The number of ether oxygens (including phenoxy) is 1. The van der Waals surface area contributed by atoms with Crippen LogP contribution in [-0.4, -0.2) is 13.2 Å². The zero-order valence-corrected chi connectivity index (χ0v) is 14.0. The quantitative estimate of drug-likeness (QED) is 0.819. The third-order valence-corrected chi connectivity index (χ3v) is 3.97. The molecule has 21 heavy (non-hydrogen) atoms. The first-order chi connectivity index (χ1) is 10.1. The average Bonchev–Trinajstić information content (AvgIpc) is 2.49. The van der Waals surface area contributed by atoms with Gasteiger partial charge in [0, 0.05) is 16.7 Å². The van der Waals surface area contributed by atoms with E-state index in [4.69, 9.17) is 10.5 Å². The Morgan fingerprint density at radius 1 is 1.19 bits per heavy atom. The average molecular weight is 349 g/mol. The van der Waals surface area contributed by atoms with Crippen LogP contribution in [0.1, 0.15) is 24.1 Å². The molecule has 1 unspecified atom stereocenters. The SMILES string of the molecule is CCOc1ccc(C(CN)Nc2cc(C)ccc2Br)cc1. The summed E-state index contributed by atoms with van der Waals surface area (Å²) in [5.74, 6) is 0.883. The van der Waals surface area contributed by atoms with E-state index in [2.05, 4.69) is 52.4 Å². The van der Waals surface area contributed by atoms with E-state index in [9.17, 15) is 0 Å². The van der Waals surface area contributed by atoms with Crippen LogP contribution in [0.25, 0.3) is 0 Å². The normalized spacial score (nSPS) is 12.0. The smallest absolute Gasteiger partial charge is 0.119 e. The van der Waals surface area contributed by atoms with Crippen molar-refractivity contribution in [1.29, 1.82) is 0 Å². The molecular weight excluding hydrogens is 328 g/mol. The van der Waals surface area contributed by atoms with E-state index in [-0.39, 0.29) is 6.04 Å². The molecule has 0 spiro atoms. The number of hydrogen-bond acceptors (Lipinski definition) is 3. The van der Waals surface area contributed by atoms with Gasteiger partial charge in [0.15, 0.2) is 0 Å². The number of hydrogen-bond donors (Lipinski definition) is 2. The van der Waals surface area contributed by atoms with Gasteiger partial charge in [-0.3, -0.25) is 0 Å².